The zero-order chi connectivity index (χ0) is 36.8. The molecule has 2 aliphatic carbocycles. The standard InChI is InChI=1S/C34H45ClN6O8S/c1-8-19-15-34(19,31(44)40-50(46,47)22-10-11-22)38-28(42)25-14-21(49-29-24-13-20(35)9-12-23(24)26(48-7)16-36-29)17-41(25)30(43)27(18(2)3)37-32(45)39-33(4,5)6/h8-9,12-13,16,18-19,21-22,25,27H,1,10-11,14-15,17H2,2-7H3,(H,38,42)(H,40,44)(H2,37,39,45)/t19-,21?,25+,27+,34-/m1/s1. The number of rotatable bonds is 12. The number of nitrogens with zero attached hydrogens (tertiary/aromatic N) is 2. The number of methoxy groups -OCH3 is 1. The fourth-order valence-corrected chi connectivity index (χ4v) is 7.72. The molecule has 1 aliphatic heterocycles. The van der Waals surface area contributed by atoms with Gasteiger partial charge in [0.1, 0.15) is 29.5 Å². The lowest BCUT2D eigenvalue weighted by atomic mass is 10.0. The van der Waals surface area contributed by atoms with Gasteiger partial charge in [-0.15, -0.1) is 6.58 Å². The summed E-state index contributed by atoms with van der Waals surface area (Å²) in [5.41, 5.74) is -2.13. The van der Waals surface area contributed by atoms with Crippen molar-refractivity contribution in [2.45, 2.75) is 94.8 Å². The smallest absolute Gasteiger partial charge is 0.315 e. The van der Waals surface area contributed by atoms with E-state index in [1.165, 1.54) is 24.3 Å². The summed E-state index contributed by atoms with van der Waals surface area (Å²) in [6.07, 6.45) is 3.30. The number of amides is 5. The summed E-state index contributed by atoms with van der Waals surface area (Å²) in [7, 11) is -2.38. The molecule has 0 radical (unpaired) electrons. The van der Waals surface area contributed by atoms with Gasteiger partial charge in [0, 0.05) is 33.7 Å². The first-order chi connectivity index (χ1) is 23.4. The number of nitrogens with one attached hydrogen (secondary N) is 4. The fourth-order valence-electron chi connectivity index (χ4n) is 6.18. The van der Waals surface area contributed by atoms with Crippen molar-refractivity contribution >= 4 is 56.1 Å². The molecule has 3 aliphatic rings. The van der Waals surface area contributed by atoms with Gasteiger partial charge < -0.3 is 30.3 Å². The van der Waals surface area contributed by atoms with Crippen LogP contribution in [0.25, 0.3) is 10.8 Å². The summed E-state index contributed by atoms with van der Waals surface area (Å²) >= 11 is 6.31. The van der Waals surface area contributed by atoms with Crippen LogP contribution in [0.1, 0.15) is 60.3 Å². The second kappa shape index (κ2) is 13.9. The largest absolute Gasteiger partial charge is 0.494 e. The number of urea groups is 1. The summed E-state index contributed by atoms with van der Waals surface area (Å²) in [6.45, 7) is 12.7. The van der Waals surface area contributed by atoms with E-state index >= 15 is 0 Å². The van der Waals surface area contributed by atoms with E-state index in [2.05, 4.69) is 32.2 Å². The lowest BCUT2D eigenvalue weighted by Gasteiger charge is -2.32. The van der Waals surface area contributed by atoms with Crippen LogP contribution in [0, 0.1) is 11.8 Å². The minimum atomic E-state index is -3.90. The Bertz CT molecular complexity index is 1810. The second-order valence-corrected chi connectivity index (χ2v) is 17.0. The van der Waals surface area contributed by atoms with E-state index in [0.717, 1.165) is 0 Å². The Hall–Kier alpha value is -4.11. The highest BCUT2D eigenvalue weighted by atomic mass is 35.5. The van der Waals surface area contributed by atoms with Gasteiger partial charge in [0.2, 0.25) is 27.7 Å². The number of aromatic nitrogens is 1. The molecule has 50 heavy (non-hydrogen) atoms. The Morgan fingerprint density at radius 1 is 1.16 bits per heavy atom. The Morgan fingerprint density at radius 3 is 2.44 bits per heavy atom. The van der Waals surface area contributed by atoms with Crippen LogP contribution >= 0.6 is 11.6 Å². The van der Waals surface area contributed by atoms with Crippen LogP contribution in [0.3, 0.4) is 0 Å². The van der Waals surface area contributed by atoms with Gasteiger partial charge in [0.25, 0.3) is 5.91 Å². The fraction of sp³-hybridized carbons (Fsp3) is 0.559. The topological polar surface area (TPSA) is 185 Å². The number of carbonyl (C=O) groups is 4. The van der Waals surface area contributed by atoms with E-state index in [-0.39, 0.29) is 31.2 Å². The van der Waals surface area contributed by atoms with E-state index in [9.17, 15) is 27.6 Å². The van der Waals surface area contributed by atoms with Gasteiger partial charge >= 0.3 is 6.03 Å². The first-order valence-electron chi connectivity index (χ1n) is 16.6. The van der Waals surface area contributed by atoms with Gasteiger partial charge in [-0.2, -0.15) is 0 Å². The third-order valence-electron chi connectivity index (χ3n) is 9.08. The molecule has 0 spiro atoms. The molecular weight excluding hydrogens is 688 g/mol. The molecule has 272 valence electrons. The summed E-state index contributed by atoms with van der Waals surface area (Å²) in [4.78, 5) is 60.5. The number of hydrogen-bond acceptors (Lipinski definition) is 9. The SMILES string of the molecule is C=C[C@@H]1C[C@]1(NC(=O)[C@@H]1CC(Oc2ncc(OC)c3ccc(Cl)cc23)CN1C(=O)[C@@H](NC(=O)NC(C)(C)C)C(C)C)C(=O)NS(=O)(=O)C1CC1. The highest BCUT2D eigenvalue weighted by molar-refractivity contribution is 7.91. The van der Waals surface area contributed by atoms with E-state index in [4.69, 9.17) is 21.1 Å². The Labute approximate surface area is 297 Å². The van der Waals surface area contributed by atoms with Gasteiger partial charge in [-0.25, -0.2) is 18.2 Å². The van der Waals surface area contributed by atoms with Crippen molar-refractivity contribution in [1.82, 2.24) is 30.6 Å². The van der Waals surface area contributed by atoms with Crippen molar-refractivity contribution in [3.63, 3.8) is 0 Å². The van der Waals surface area contributed by atoms with E-state index in [1.54, 1.807) is 32.0 Å². The second-order valence-electron chi connectivity index (χ2n) is 14.6. The number of halogens is 1. The predicted molar refractivity (Wildman–Crippen MR) is 187 cm³/mol. The van der Waals surface area contributed by atoms with E-state index in [0.29, 0.717) is 34.4 Å². The summed E-state index contributed by atoms with van der Waals surface area (Å²) in [5, 5.41) is 9.36. The van der Waals surface area contributed by atoms with Gasteiger partial charge in [0.05, 0.1) is 25.1 Å². The maximum atomic E-state index is 14.3. The number of ether oxygens (including phenoxy) is 2. The van der Waals surface area contributed by atoms with Crippen molar-refractivity contribution in [3.8, 4) is 11.6 Å². The number of fused-ring (bicyclic) bond motifs is 1. The molecule has 3 fully saturated rings. The quantitative estimate of drug-likeness (QED) is 0.238. The summed E-state index contributed by atoms with van der Waals surface area (Å²) in [5.74, 6) is -2.24. The molecule has 2 heterocycles. The minimum absolute atomic E-state index is 0.00315. The Balaban J connectivity index is 1.44. The highest BCUT2D eigenvalue weighted by Gasteiger charge is 2.62. The normalized spacial score (nSPS) is 23.9. The summed E-state index contributed by atoms with van der Waals surface area (Å²) < 4.78 is 39.2. The van der Waals surface area contributed by atoms with Gasteiger partial charge in [0.15, 0.2) is 0 Å². The Kier molecular flexibility index (Phi) is 10.3. The van der Waals surface area contributed by atoms with Crippen LogP contribution in [0.4, 0.5) is 4.79 Å². The highest BCUT2D eigenvalue weighted by Crippen LogP contribution is 2.45. The van der Waals surface area contributed by atoms with Crippen molar-refractivity contribution < 1.29 is 37.1 Å². The Morgan fingerprint density at radius 2 is 1.86 bits per heavy atom. The average Bonchev–Trinajstić information content (AvgIpc) is 3.95. The zero-order valence-corrected chi connectivity index (χ0v) is 30.6. The molecule has 1 saturated heterocycles. The van der Waals surface area contributed by atoms with Crippen LogP contribution in [-0.2, 0) is 24.4 Å². The van der Waals surface area contributed by atoms with Crippen LogP contribution in [0.5, 0.6) is 11.6 Å². The van der Waals surface area contributed by atoms with Gasteiger partial charge in [-0.05, 0) is 64.2 Å². The average molecular weight is 733 g/mol. The van der Waals surface area contributed by atoms with Crippen molar-refractivity contribution in [1.29, 1.82) is 0 Å². The van der Waals surface area contributed by atoms with Gasteiger partial charge in [-0.3, -0.25) is 19.1 Å². The zero-order valence-electron chi connectivity index (χ0n) is 29.0. The van der Waals surface area contributed by atoms with Crippen LogP contribution in [0.15, 0.2) is 37.1 Å². The number of hydrogen-bond donors (Lipinski definition) is 4. The lowest BCUT2D eigenvalue weighted by molar-refractivity contribution is -0.141. The molecule has 14 nitrogen and oxygen atoms in total. The van der Waals surface area contributed by atoms with E-state index in [1.807, 2.05) is 20.8 Å². The minimum Gasteiger partial charge on any atom is -0.494 e. The van der Waals surface area contributed by atoms with Crippen molar-refractivity contribution in [2.75, 3.05) is 13.7 Å². The molecule has 2 aromatic rings. The van der Waals surface area contributed by atoms with Crippen LogP contribution < -0.4 is 30.1 Å². The number of sulfonamides is 1. The molecule has 0 bridgehead atoms. The molecule has 5 rings (SSSR count). The third-order valence-corrected chi connectivity index (χ3v) is 11.1. The monoisotopic (exact) mass is 732 g/mol. The van der Waals surface area contributed by atoms with E-state index < -0.39 is 74.2 Å². The third kappa shape index (κ3) is 7.93. The molecule has 16 heteroatoms. The number of likely N-dealkylation sites (tertiary alicyclic amines) is 1. The van der Waals surface area contributed by atoms with Crippen molar-refractivity contribution in [2.24, 2.45) is 11.8 Å². The van der Waals surface area contributed by atoms with Crippen LogP contribution in [-0.4, -0.2) is 90.2 Å². The molecule has 1 unspecified atom stereocenters. The summed E-state index contributed by atoms with van der Waals surface area (Å²) in [6, 6.07) is 2.43. The molecule has 1 aromatic heterocycles. The number of benzene rings is 1. The maximum absolute atomic E-state index is 14.3. The predicted octanol–water partition coefficient (Wildman–Crippen LogP) is 3.04. The molecule has 4 N–H and O–H groups in total. The molecular formula is C34H45ClN6O8S. The number of carbonyl (C=O) groups excluding carboxylic acids is 4. The molecule has 1 aromatic carbocycles. The first-order valence-corrected chi connectivity index (χ1v) is 18.5. The first kappa shape index (κ1) is 37.2. The van der Waals surface area contributed by atoms with Crippen LogP contribution in [0.2, 0.25) is 5.02 Å². The maximum Gasteiger partial charge on any atom is 0.315 e. The number of pyridine rings is 1. The molecule has 5 atom stereocenters. The molecule has 2 saturated carbocycles. The van der Waals surface area contributed by atoms with Crippen molar-refractivity contribution in [3.05, 3.63) is 42.1 Å². The van der Waals surface area contributed by atoms with Gasteiger partial charge in [-0.1, -0.05) is 31.5 Å². The lowest BCUT2D eigenvalue weighted by Crippen LogP contribution is -2.60. The molecule has 5 amide bonds.